The van der Waals surface area contributed by atoms with Gasteiger partial charge in [-0.05, 0) is 134 Å². The quantitative estimate of drug-likeness (QED) is 0.163. The molecule has 0 amide bonds. The summed E-state index contributed by atoms with van der Waals surface area (Å²) >= 11 is 0. The van der Waals surface area contributed by atoms with Crippen molar-refractivity contribution in [2.24, 2.45) is 47.3 Å². The maximum absolute atomic E-state index is 6.61. The molecule has 6 fully saturated rings. The van der Waals surface area contributed by atoms with Crippen molar-refractivity contribution in [1.82, 2.24) is 0 Å². The van der Waals surface area contributed by atoms with E-state index in [-0.39, 0.29) is 12.2 Å². The Morgan fingerprint density at radius 3 is 1.32 bits per heavy atom. The molecular formula is C52H60O8. The van der Waals surface area contributed by atoms with E-state index < -0.39 is 11.6 Å². The van der Waals surface area contributed by atoms with Gasteiger partial charge in [0.1, 0.15) is 35.2 Å². The minimum atomic E-state index is -0.657. The lowest BCUT2D eigenvalue weighted by Crippen LogP contribution is -2.59. The van der Waals surface area contributed by atoms with E-state index in [4.69, 9.17) is 38.5 Å². The SMILES string of the molecule is C=C(c1ccc(Oc2cccc3c(Oc4ccc(C(=C)C5COC6(OO5)C(C)CC5CC(C)CC6C5)cc4)cccc23)cc1)C1COC2(OO1)C(C)CC1CC(C)CC2C1. The summed E-state index contributed by atoms with van der Waals surface area (Å²) in [7, 11) is 0. The topological polar surface area (TPSA) is 73.8 Å². The van der Waals surface area contributed by atoms with E-state index >= 15 is 0 Å². The molecule has 12 unspecified atom stereocenters. The van der Waals surface area contributed by atoms with Gasteiger partial charge in [0, 0.05) is 34.4 Å². The van der Waals surface area contributed by atoms with Crippen LogP contribution in [0.3, 0.4) is 0 Å². The standard InChI is InChI=1S/C52H60O8/c1-31-21-37-25-33(3)51(41(23-31)27-37)53-29-49(57-59-51)35(5)39-13-17-43(18-14-39)55-47-11-7-10-46-45(47)9-8-12-48(46)56-44-19-15-40(16-20-44)36(6)50-30-54-52(60-58-50)34(4)26-38-22-32(2)24-42(52)28-38/h7-20,31-34,37-38,41-42,49-50H,5-6,21-30H2,1-4H3. The summed E-state index contributed by atoms with van der Waals surface area (Å²) in [4.78, 5) is 24.7. The highest BCUT2D eigenvalue weighted by atomic mass is 17.2. The van der Waals surface area contributed by atoms with Crippen LogP contribution >= 0.6 is 0 Å². The van der Waals surface area contributed by atoms with E-state index in [1.165, 1.54) is 12.8 Å². The third kappa shape index (κ3) is 7.31. The van der Waals surface area contributed by atoms with Gasteiger partial charge in [0.2, 0.25) is 11.6 Å². The number of hydrogen-bond acceptors (Lipinski definition) is 8. The summed E-state index contributed by atoms with van der Waals surface area (Å²) in [5, 5.41) is 1.89. The van der Waals surface area contributed by atoms with Gasteiger partial charge in [-0.1, -0.05) is 89.4 Å². The first-order valence-corrected chi connectivity index (χ1v) is 22.5. The number of hydrogen-bond donors (Lipinski definition) is 0. The highest BCUT2D eigenvalue weighted by Crippen LogP contribution is 2.55. The van der Waals surface area contributed by atoms with Crippen LogP contribution < -0.4 is 9.47 Å². The third-order valence-corrected chi connectivity index (χ3v) is 15.0. The van der Waals surface area contributed by atoms with Gasteiger partial charge < -0.3 is 18.9 Å². The van der Waals surface area contributed by atoms with Crippen molar-refractivity contribution in [2.45, 2.75) is 103 Å². The van der Waals surface area contributed by atoms with Gasteiger partial charge in [-0.25, -0.2) is 9.78 Å². The molecule has 10 rings (SSSR count). The fourth-order valence-corrected chi connectivity index (χ4v) is 12.1. The molecule has 4 aromatic rings. The van der Waals surface area contributed by atoms with Crippen LogP contribution in [0.1, 0.15) is 90.2 Å². The second-order valence-corrected chi connectivity index (χ2v) is 19.3. The lowest BCUT2D eigenvalue weighted by atomic mass is 9.62. The molecule has 0 aromatic heterocycles. The molecule has 2 aliphatic heterocycles. The normalized spacial score (nSPS) is 36.2. The highest BCUT2D eigenvalue weighted by Gasteiger charge is 2.57. The maximum atomic E-state index is 6.61. The lowest BCUT2D eigenvalue weighted by molar-refractivity contribution is -0.509. The van der Waals surface area contributed by atoms with E-state index in [0.717, 1.165) is 94.9 Å². The van der Waals surface area contributed by atoms with Crippen molar-refractivity contribution in [1.29, 1.82) is 0 Å². The van der Waals surface area contributed by atoms with Crippen LogP contribution in [0.4, 0.5) is 0 Å². The second-order valence-electron chi connectivity index (χ2n) is 19.3. The molecule has 8 heteroatoms. The van der Waals surface area contributed by atoms with Crippen LogP contribution in [-0.2, 0) is 29.0 Å². The van der Waals surface area contributed by atoms with Crippen LogP contribution in [0.2, 0.25) is 0 Å². The molecule has 8 nitrogen and oxygen atoms in total. The number of benzene rings is 4. The predicted octanol–water partition coefficient (Wildman–Crippen LogP) is 12.7. The van der Waals surface area contributed by atoms with Gasteiger partial charge in [-0.3, -0.25) is 0 Å². The minimum Gasteiger partial charge on any atom is -0.457 e. The minimum absolute atomic E-state index is 0.297. The van der Waals surface area contributed by atoms with E-state index in [0.29, 0.717) is 60.2 Å². The Balaban J connectivity index is 0.760. The fourth-order valence-electron chi connectivity index (χ4n) is 12.1. The van der Waals surface area contributed by atoms with Crippen molar-refractivity contribution in [3.05, 3.63) is 109 Å². The van der Waals surface area contributed by atoms with Gasteiger partial charge in [-0.2, -0.15) is 9.78 Å². The van der Waals surface area contributed by atoms with Crippen LogP contribution in [0.15, 0.2) is 98.1 Å². The van der Waals surface area contributed by atoms with Crippen molar-refractivity contribution in [3.63, 3.8) is 0 Å². The van der Waals surface area contributed by atoms with E-state index in [9.17, 15) is 0 Å². The van der Waals surface area contributed by atoms with Crippen LogP contribution in [0.5, 0.6) is 23.0 Å². The smallest absolute Gasteiger partial charge is 0.207 e. The monoisotopic (exact) mass is 812 g/mol. The summed E-state index contributed by atoms with van der Waals surface area (Å²) in [5.74, 6) is 5.82. The summed E-state index contributed by atoms with van der Waals surface area (Å²) in [6.45, 7) is 18.8. The zero-order valence-corrected chi connectivity index (χ0v) is 35.6. The molecule has 0 radical (unpaired) electrons. The highest BCUT2D eigenvalue weighted by molar-refractivity contribution is 5.93. The zero-order chi connectivity index (χ0) is 41.2. The molecule has 2 saturated heterocycles. The maximum Gasteiger partial charge on any atom is 0.207 e. The molecule has 4 bridgehead atoms. The first-order valence-electron chi connectivity index (χ1n) is 22.5. The molecule has 2 spiro atoms. The predicted molar refractivity (Wildman–Crippen MR) is 232 cm³/mol. The first kappa shape index (κ1) is 40.1. The third-order valence-electron chi connectivity index (χ3n) is 15.0. The Morgan fingerprint density at radius 2 is 0.933 bits per heavy atom. The first-order chi connectivity index (χ1) is 29.1. The van der Waals surface area contributed by atoms with Crippen molar-refractivity contribution in [3.8, 4) is 23.0 Å². The van der Waals surface area contributed by atoms with Gasteiger partial charge >= 0.3 is 0 Å². The Bertz CT molecular complexity index is 2030. The summed E-state index contributed by atoms with van der Waals surface area (Å²) in [6, 6.07) is 27.9. The molecule has 316 valence electrons. The van der Waals surface area contributed by atoms with Gasteiger partial charge in [0.05, 0.1) is 13.2 Å². The largest absolute Gasteiger partial charge is 0.457 e. The second kappa shape index (κ2) is 16.0. The van der Waals surface area contributed by atoms with Crippen molar-refractivity contribution >= 4 is 21.9 Å². The molecule has 2 heterocycles. The molecule has 4 aliphatic carbocycles. The van der Waals surface area contributed by atoms with Crippen LogP contribution in [0, 0.1) is 47.3 Å². The number of fused-ring (bicyclic) bond motifs is 7. The summed E-state index contributed by atoms with van der Waals surface area (Å²) in [6.07, 6.45) is 8.67. The molecule has 4 aromatic carbocycles. The van der Waals surface area contributed by atoms with Gasteiger partial charge in [0.15, 0.2) is 0 Å². The van der Waals surface area contributed by atoms with Crippen molar-refractivity contribution in [2.75, 3.05) is 13.2 Å². The van der Waals surface area contributed by atoms with E-state index in [1.54, 1.807) is 0 Å². The average Bonchev–Trinajstić information content (AvgIpc) is 3.25. The molecule has 6 aliphatic rings. The fraction of sp³-hybridized carbons (Fsp3) is 0.500. The Kier molecular flexibility index (Phi) is 10.7. The average molecular weight is 813 g/mol. The van der Waals surface area contributed by atoms with E-state index in [2.05, 4.69) is 53.0 Å². The van der Waals surface area contributed by atoms with E-state index in [1.807, 2.05) is 72.8 Å². The molecule has 12 atom stereocenters. The van der Waals surface area contributed by atoms with Crippen LogP contribution in [0.25, 0.3) is 21.9 Å². The Labute approximate surface area is 355 Å². The van der Waals surface area contributed by atoms with Gasteiger partial charge in [0.25, 0.3) is 0 Å². The molecule has 0 N–H and O–H groups in total. The van der Waals surface area contributed by atoms with Crippen molar-refractivity contribution < 1.29 is 38.5 Å². The molecule has 4 saturated carbocycles. The van der Waals surface area contributed by atoms with Gasteiger partial charge in [-0.15, -0.1) is 0 Å². The molecule has 60 heavy (non-hydrogen) atoms. The molecular weight excluding hydrogens is 753 g/mol. The number of ether oxygens (including phenoxy) is 4. The lowest BCUT2D eigenvalue weighted by Gasteiger charge is -2.54. The Morgan fingerprint density at radius 1 is 0.517 bits per heavy atom. The van der Waals surface area contributed by atoms with Crippen LogP contribution in [-0.4, -0.2) is 37.0 Å². The summed E-state index contributed by atoms with van der Waals surface area (Å²) < 4.78 is 26.2. The summed E-state index contributed by atoms with van der Waals surface area (Å²) in [5.41, 5.74) is 3.55. The number of rotatable bonds is 8. The Hall–Kier alpha value is -4.02. The zero-order valence-electron chi connectivity index (χ0n) is 35.6.